The van der Waals surface area contributed by atoms with Crippen molar-refractivity contribution in [2.75, 3.05) is 0 Å². The molecule has 0 unspecified atom stereocenters. The second-order valence-corrected chi connectivity index (χ2v) is 7.09. The van der Waals surface area contributed by atoms with Crippen LogP contribution in [-0.2, 0) is 4.74 Å². The van der Waals surface area contributed by atoms with Crippen LogP contribution in [0.1, 0.15) is 5.56 Å². The van der Waals surface area contributed by atoms with Gasteiger partial charge in [-0.2, -0.15) is 0 Å². The van der Waals surface area contributed by atoms with Gasteiger partial charge in [0.05, 0.1) is 8.80 Å². The van der Waals surface area contributed by atoms with Gasteiger partial charge in [-0.3, -0.25) is 0 Å². The summed E-state index contributed by atoms with van der Waals surface area (Å²) in [7, 11) is -2.16. The first-order chi connectivity index (χ1) is 8.72. The normalized spacial score (nSPS) is 13.7. The third kappa shape index (κ3) is 4.66. The van der Waals surface area contributed by atoms with Crippen molar-refractivity contribution in [3.8, 4) is 0 Å². The Kier molecular flexibility index (Phi) is 5.10. The van der Waals surface area contributed by atoms with E-state index in [4.69, 9.17) is 0 Å². The fraction of sp³-hybridized carbons (Fsp3) is 0.333. The minimum Gasteiger partial charge on any atom is -0.405 e. The van der Waals surface area contributed by atoms with E-state index in [-0.39, 0.29) is 5.56 Å². The highest BCUT2D eigenvalue weighted by atomic mass is 28.3. The minimum absolute atomic E-state index is 0.0105. The molecule has 106 valence electrons. The maximum Gasteiger partial charge on any atom is 0.573 e. The Morgan fingerprint density at radius 1 is 1.11 bits per heavy atom. The SMILES string of the molecule is C[SiH](C)C(=C(OC(F)(F)F)c1ccccc1)C(F)F. The smallest absolute Gasteiger partial charge is 0.405 e. The number of allylic oxidation sites excluding steroid dienone is 1. The van der Waals surface area contributed by atoms with Gasteiger partial charge in [0.25, 0.3) is 6.43 Å². The van der Waals surface area contributed by atoms with Crippen molar-refractivity contribution < 1.29 is 26.7 Å². The van der Waals surface area contributed by atoms with Crippen LogP contribution in [0, 0.1) is 0 Å². The first kappa shape index (κ1) is 15.7. The summed E-state index contributed by atoms with van der Waals surface area (Å²) in [5, 5.41) is -0.525. The van der Waals surface area contributed by atoms with Crippen LogP contribution in [-0.4, -0.2) is 21.6 Å². The third-order valence-corrected chi connectivity index (χ3v) is 4.13. The van der Waals surface area contributed by atoms with Crippen molar-refractivity contribution in [3.05, 3.63) is 41.1 Å². The Bertz CT molecular complexity index is 429. The molecular formula is C12H13F5OSi. The van der Waals surface area contributed by atoms with Crippen LogP contribution in [0.3, 0.4) is 0 Å². The molecule has 0 spiro atoms. The van der Waals surface area contributed by atoms with Crippen LogP contribution in [0.25, 0.3) is 5.76 Å². The molecule has 0 saturated heterocycles. The van der Waals surface area contributed by atoms with Gasteiger partial charge < -0.3 is 4.74 Å². The van der Waals surface area contributed by atoms with Crippen molar-refractivity contribution >= 4 is 14.6 Å². The van der Waals surface area contributed by atoms with Crippen LogP contribution in [0.2, 0.25) is 13.1 Å². The van der Waals surface area contributed by atoms with Crippen LogP contribution >= 0.6 is 0 Å². The maximum absolute atomic E-state index is 13.0. The van der Waals surface area contributed by atoms with Crippen molar-refractivity contribution in [2.24, 2.45) is 0 Å². The Hall–Kier alpha value is -1.37. The van der Waals surface area contributed by atoms with E-state index in [1.165, 1.54) is 37.4 Å². The minimum atomic E-state index is -4.99. The number of rotatable bonds is 4. The van der Waals surface area contributed by atoms with E-state index in [0.29, 0.717) is 0 Å². The van der Waals surface area contributed by atoms with Crippen molar-refractivity contribution in [1.82, 2.24) is 0 Å². The number of benzene rings is 1. The highest BCUT2D eigenvalue weighted by molar-refractivity contribution is 6.65. The molecule has 1 rings (SSSR count). The maximum atomic E-state index is 13.0. The summed E-state index contributed by atoms with van der Waals surface area (Å²) in [6, 6.07) is 7.17. The number of halogens is 5. The highest BCUT2D eigenvalue weighted by Gasteiger charge is 2.35. The molecule has 0 radical (unpaired) electrons. The molecule has 0 fully saturated rings. The summed E-state index contributed by atoms with van der Waals surface area (Å²) in [6.07, 6.45) is -7.95. The van der Waals surface area contributed by atoms with Crippen LogP contribution < -0.4 is 0 Å². The molecule has 1 aromatic carbocycles. The van der Waals surface area contributed by atoms with Crippen molar-refractivity contribution in [3.63, 3.8) is 0 Å². The molecule has 0 bridgehead atoms. The molecule has 1 aromatic rings. The van der Waals surface area contributed by atoms with Gasteiger partial charge in [-0.15, -0.1) is 13.2 Å². The van der Waals surface area contributed by atoms with Crippen molar-refractivity contribution in [1.29, 1.82) is 0 Å². The van der Waals surface area contributed by atoms with E-state index in [1.807, 2.05) is 0 Å². The van der Waals surface area contributed by atoms with Crippen molar-refractivity contribution in [2.45, 2.75) is 25.9 Å². The summed E-state index contributed by atoms with van der Waals surface area (Å²) in [4.78, 5) is 0. The molecule has 19 heavy (non-hydrogen) atoms. The second kappa shape index (κ2) is 6.18. The summed E-state index contributed by atoms with van der Waals surface area (Å²) in [5.74, 6) is -0.759. The molecule has 0 atom stereocenters. The highest BCUT2D eigenvalue weighted by Crippen LogP contribution is 2.32. The van der Waals surface area contributed by atoms with E-state index < -0.39 is 32.5 Å². The molecule has 0 aliphatic heterocycles. The zero-order valence-electron chi connectivity index (χ0n) is 10.3. The number of ether oxygens (including phenoxy) is 1. The average Bonchev–Trinajstić information content (AvgIpc) is 2.26. The Labute approximate surface area is 109 Å². The molecule has 1 nitrogen and oxygen atoms in total. The van der Waals surface area contributed by atoms with Gasteiger partial charge in [0.1, 0.15) is 5.76 Å². The van der Waals surface area contributed by atoms with Gasteiger partial charge in [-0.05, 0) is 0 Å². The molecular weight excluding hydrogens is 283 g/mol. The Morgan fingerprint density at radius 2 is 1.63 bits per heavy atom. The monoisotopic (exact) mass is 296 g/mol. The van der Waals surface area contributed by atoms with E-state index in [1.54, 1.807) is 6.07 Å². The fourth-order valence-corrected chi connectivity index (χ4v) is 2.86. The first-order valence-electron chi connectivity index (χ1n) is 5.55. The largest absolute Gasteiger partial charge is 0.573 e. The van der Waals surface area contributed by atoms with Crippen LogP contribution in [0.5, 0.6) is 0 Å². The summed E-state index contributed by atoms with van der Waals surface area (Å²) >= 11 is 0. The molecule has 7 heteroatoms. The van der Waals surface area contributed by atoms with E-state index >= 15 is 0 Å². The van der Waals surface area contributed by atoms with E-state index in [0.717, 1.165) is 0 Å². The van der Waals surface area contributed by atoms with Crippen LogP contribution in [0.4, 0.5) is 22.0 Å². The molecule has 0 amide bonds. The van der Waals surface area contributed by atoms with E-state index in [2.05, 4.69) is 4.74 Å². The van der Waals surface area contributed by atoms with Gasteiger partial charge in [-0.25, -0.2) is 8.78 Å². The number of hydrogen-bond acceptors (Lipinski definition) is 1. The fourth-order valence-electron chi connectivity index (χ4n) is 1.60. The summed E-state index contributed by atoms with van der Waals surface area (Å²) in [5.41, 5.74) is 0.0105. The molecule has 0 aliphatic carbocycles. The molecule has 0 aliphatic rings. The molecule has 0 saturated carbocycles. The molecule has 0 heterocycles. The summed E-state index contributed by atoms with van der Waals surface area (Å²) in [6.45, 7) is 3.06. The lowest BCUT2D eigenvalue weighted by atomic mass is 10.2. The van der Waals surface area contributed by atoms with Gasteiger partial charge in [0, 0.05) is 10.8 Å². The van der Waals surface area contributed by atoms with Gasteiger partial charge >= 0.3 is 6.36 Å². The lowest BCUT2D eigenvalue weighted by Gasteiger charge is -2.19. The third-order valence-electron chi connectivity index (χ3n) is 2.37. The van der Waals surface area contributed by atoms with Gasteiger partial charge in [-0.1, -0.05) is 43.4 Å². The topological polar surface area (TPSA) is 9.23 Å². The quantitative estimate of drug-likeness (QED) is 0.459. The van der Waals surface area contributed by atoms with Gasteiger partial charge in [0.15, 0.2) is 0 Å². The second-order valence-electron chi connectivity index (χ2n) is 4.15. The zero-order valence-corrected chi connectivity index (χ0v) is 11.5. The lowest BCUT2D eigenvalue weighted by molar-refractivity contribution is -0.290. The zero-order chi connectivity index (χ0) is 14.6. The average molecular weight is 296 g/mol. The first-order valence-corrected chi connectivity index (χ1v) is 8.44. The molecule has 0 N–H and O–H groups in total. The lowest BCUT2D eigenvalue weighted by Crippen LogP contribution is -2.21. The predicted molar refractivity (Wildman–Crippen MR) is 65.4 cm³/mol. The number of hydrogen-bond donors (Lipinski definition) is 0. The summed E-state index contributed by atoms with van der Waals surface area (Å²) < 4.78 is 67.0. The Balaban J connectivity index is 3.37. The Morgan fingerprint density at radius 3 is 2.00 bits per heavy atom. The predicted octanol–water partition coefficient (Wildman–Crippen LogP) is 4.23. The van der Waals surface area contributed by atoms with Gasteiger partial charge in [0.2, 0.25) is 0 Å². The van der Waals surface area contributed by atoms with E-state index in [9.17, 15) is 22.0 Å². The van der Waals surface area contributed by atoms with Crippen LogP contribution in [0.15, 0.2) is 35.5 Å². The molecule has 0 aromatic heterocycles. The number of alkyl halides is 5. The standard InChI is InChI=1S/C12H13F5OSi/c1-19(2)10(11(13)14)9(18-12(15,16)17)8-6-4-3-5-7-8/h3-7,11,19H,1-2H3.